The summed E-state index contributed by atoms with van der Waals surface area (Å²) >= 11 is 0. The second-order valence-electron chi connectivity index (χ2n) is 4.85. The summed E-state index contributed by atoms with van der Waals surface area (Å²) in [6, 6.07) is 0.00456. The van der Waals surface area contributed by atoms with Crippen LogP contribution in [-0.2, 0) is 4.79 Å². The summed E-state index contributed by atoms with van der Waals surface area (Å²) in [4.78, 5) is 18.8. The van der Waals surface area contributed by atoms with Gasteiger partial charge in [-0.25, -0.2) is 0 Å². The molecule has 0 spiro atoms. The van der Waals surface area contributed by atoms with Crippen molar-refractivity contribution in [1.82, 2.24) is 14.7 Å². The van der Waals surface area contributed by atoms with E-state index in [1.54, 1.807) is 0 Å². The van der Waals surface area contributed by atoms with Crippen LogP contribution in [0.2, 0.25) is 0 Å². The molecule has 2 N–H and O–H groups in total. The first-order chi connectivity index (χ1) is 8.63. The molecule has 1 rings (SSSR count). The van der Waals surface area contributed by atoms with E-state index < -0.39 is 0 Å². The Bertz CT molecular complexity index is 247. The SMILES string of the molecule is CCN(CC)C(=O)C(C)N1CCN(CCN)CC1. The van der Waals surface area contributed by atoms with E-state index in [2.05, 4.69) is 9.80 Å². The molecule has 1 unspecified atom stereocenters. The highest BCUT2D eigenvalue weighted by atomic mass is 16.2. The molecule has 5 heteroatoms. The fourth-order valence-corrected chi connectivity index (χ4v) is 2.51. The van der Waals surface area contributed by atoms with Gasteiger partial charge in [-0.05, 0) is 20.8 Å². The molecule has 1 heterocycles. The van der Waals surface area contributed by atoms with Crippen LogP contribution in [-0.4, -0.2) is 79.0 Å². The lowest BCUT2D eigenvalue weighted by Crippen LogP contribution is -2.55. The Balaban J connectivity index is 2.44. The molecule has 1 aliphatic rings. The number of amides is 1. The van der Waals surface area contributed by atoms with Crippen LogP contribution in [0, 0.1) is 0 Å². The van der Waals surface area contributed by atoms with Gasteiger partial charge in [0, 0.05) is 52.4 Å². The van der Waals surface area contributed by atoms with E-state index in [1.165, 1.54) is 0 Å². The van der Waals surface area contributed by atoms with Gasteiger partial charge >= 0.3 is 0 Å². The minimum absolute atomic E-state index is 0.00456. The Hall–Kier alpha value is -0.650. The average Bonchev–Trinajstić information content (AvgIpc) is 2.40. The molecule has 0 aliphatic carbocycles. The van der Waals surface area contributed by atoms with Crippen LogP contribution < -0.4 is 5.73 Å². The number of hydrogen-bond acceptors (Lipinski definition) is 4. The second kappa shape index (κ2) is 7.71. The van der Waals surface area contributed by atoms with E-state index in [-0.39, 0.29) is 11.9 Å². The maximum absolute atomic E-state index is 12.3. The smallest absolute Gasteiger partial charge is 0.239 e. The third kappa shape index (κ3) is 3.93. The number of nitrogens with two attached hydrogens (primary N) is 1. The van der Waals surface area contributed by atoms with Gasteiger partial charge in [-0.15, -0.1) is 0 Å². The molecule has 0 aromatic carbocycles. The third-order valence-corrected chi connectivity index (χ3v) is 3.83. The summed E-state index contributed by atoms with van der Waals surface area (Å²) in [6.45, 7) is 13.3. The molecular formula is C13H28N4O. The Morgan fingerprint density at radius 2 is 1.78 bits per heavy atom. The summed E-state index contributed by atoms with van der Waals surface area (Å²) in [5.74, 6) is 0.257. The van der Waals surface area contributed by atoms with E-state index in [0.29, 0.717) is 6.54 Å². The second-order valence-corrected chi connectivity index (χ2v) is 4.85. The van der Waals surface area contributed by atoms with E-state index >= 15 is 0 Å². The zero-order valence-electron chi connectivity index (χ0n) is 12.1. The minimum Gasteiger partial charge on any atom is -0.342 e. The molecule has 5 nitrogen and oxygen atoms in total. The van der Waals surface area contributed by atoms with Crippen molar-refractivity contribution in [1.29, 1.82) is 0 Å². The maximum Gasteiger partial charge on any atom is 0.239 e. The fraction of sp³-hybridized carbons (Fsp3) is 0.923. The summed E-state index contributed by atoms with van der Waals surface area (Å²) in [5.41, 5.74) is 5.56. The molecule has 106 valence electrons. The first-order valence-corrected chi connectivity index (χ1v) is 7.09. The molecule has 18 heavy (non-hydrogen) atoms. The van der Waals surface area contributed by atoms with Crippen LogP contribution in [0.5, 0.6) is 0 Å². The quantitative estimate of drug-likeness (QED) is 0.716. The van der Waals surface area contributed by atoms with Crippen LogP contribution in [0.4, 0.5) is 0 Å². The monoisotopic (exact) mass is 256 g/mol. The number of carbonyl (C=O) groups is 1. The number of hydrogen-bond donors (Lipinski definition) is 1. The number of rotatable bonds is 6. The van der Waals surface area contributed by atoms with Crippen molar-refractivity contribution in [3.8, 4) is 0 Å². The van der Waals surface area contributed by atoms with Crippen molar-refractivity contribution < 1.29 is 4.79 Å². The number of piperazine rings is 1. The summed E-state index contributed by atoms with van der Waals surface area (Å²) < 4.78 is 0. The van der Waals surface area contributed by atoms with Gasteiger partial charge in [-0.1, -0.05) is 0 Å². The number of carbonyl (C=O) groups excluding carboxylic acids is 1. The largest absolute Gasteiger partial charge is 0.342 e. The predicted molar refractivity (Wildman–Crippen MR) is 74.5 cm³/mol. The van der Waals surface area contributed by atoms with Gasteiger partial charge in [-0.3, -0.25) is 14.6 Å². The molecule has 0 saturated carbocycles. The Labute approximate surface area is 111 Å². The van der Waals surface area contributed by atoms with Crippen molar-refractivity contribution in [2.45, 2.75) is 26.8 Å². The Kier molecular flexibility index (Phi) is 6.60. The molecule has 1 amide bonds. The van der Waals surface area contributed by atoms with Gasteiger partial charge in [-0.2, -0.15) is 0 Å². The van der Waals surface area contributed by atoms with Gasteiger partial charge in [0.05, 0.1) is 6.04 Å². The Morgan fingerprint density at radius 3 is 2.22 bits per heavy atom. The van der Waals surface area contributed by atoms with Gasteiger partial charge in [0.15, 0.2) is 0 Å². The first-order valence-electron chi connectivity index (χ1n) is 7.09. The standard InChI is InChI=1S/C13H28N4O/c1-4-16(5-2)13(18)12(3)17-10-8-15(7-6-14)9-11-17/h12H,4-11,14H2,1-3H3. The molecule has 0 aromatic heterocycles. The lowest BCUT2D eigenvalue weighted by Gasteiger charge is -2.38. The summed E-state index contributed by atoms with van der Waals surface area (Å²) in [6.07, 6.45) is 0. The zero-order valence-corrected chi connectivity index (χ0v) is 12.1. The van der Waals surface area contributed by atoms with Crippen molar-refractivity contribution in [2.24, 2.45) is 5.73 Å². The predicted octanol–water partition coefficient (Wildman–Crippen LogP) is -0.180. The molecule has 1 saturated heterocycles. The van der Waals surface area contributed by atoms with Crippen LogP contribution in [0.3, 0.4) is 0 Å². The van der Waals surface area contributed by atoms with Gasteiger partial charge in [0.1, 0.15) is 0 Å². The van der Waals surface area contributed by atoms with Gasteiger partial charge in [0.2, 0.25) is 5.91 Å². The number of likely N-dealkylation sites (N-methyl/N-ethyl adjacent to an activating group) is 1. The maximum atomic E-state index is 12.3. The minimum atomic E-state index is 0.00456. The molecule has 1 aliphatic heterocycles. The van der Waals surface area contributed by atoms with Crippen LogP contribution >= 0.6 is 0 Å². The van der Waals surface area contributed by atoms with Gasteiger partial charge in [0.25, 0.3) is 0 Å². The van der Waals surface area contributed by atoms with Crippen molar-refractivity contribution in [2.75, 3.05) is 52.4 Å². The fourth-order valence-electron chi connectivity index (χ4n) is 2.51. The molecule has 0 bridgehead atoms. The van der Waals surface area contributed by atoms with E-state index in [9.17, 15) is 4.79 Å². The first kappa shape index (κ1) is 15.4. The highest BCUT2D eigenvalue weighted by molar-refractivity contribution is 5.81. The van der Waals surface area contributed by atoms with Crippen molar-refractivity contribution in [3.05, 3.63) is 0 Å². The highest BCUT2D eigenvalue weighted by Crippen LogP contribution is 2.08. The average molecular weight is 256 g/mol. The Morgan fingerprint density at radius 1 is 1.22 bits per heavy atom. The summed E-state index contributed by atoms with van der Waals surface area (Å²) in [7, 11) is 0. The van der Waals surface area contributed by atoms with E-state index in [0.717, 1.165) is 45.8 Å². The van der Waals surface area contributed by atoms with Crippen LogP contribution in [0.15, 0.2) is 0 Å². The van der Waals surface area contributed by atoms with Crippen molar-refractivity contribution >= 4 is 5.91 Å². The van der Waals surface area contributed by atoms with Crippen LogP contribution in [0.25, 0.3) is 0 Å². The normalized spacial score (nSPS) is 19.8. The van der Waals surface area contributed by atoms with Gasteiger partial charge < -0.3 is 10.6 Å². The number of nitrogens with zero attached hydrogens (tertiary/aromatic N) is 3. The molecular weight excluding hydrogens is 228 g/mol. The lowest BCUT2D eigenvalue weighted by atomic mass is 10.2. The van der Waals surface area contributed by atoms with E-state index in [4.69, 9.17) is 5.73 Å². The molecule has 0 aromatic rings. The lowest BCUT2D eigenvalue weighted by molar-refractivity contribution is -0.136. The molecule has 1 fully saturated rings. The summed E-state index contributed by atoms with van der Waals surface area (Å²) in [5, 5.41) is 0. The molecule has 1 atom stereocenters. The topological polar surface area (TPSA) is 52.8 Å². The third-order valence-electron chi connectivity index (χ3n) is 3.83. The van der Waals surface area contributed by atoms with E-state index in [1.807, 2.05) is 25.7 Å². The van der Waals surface area contributed by atoms with Crippen molar-refractivity contribution in [3.63, 3.8) is 0 Å². The van der Waals surface area contributed by atoms with Crippen LogP contribution in [0.1, 0.15) is 20.8 Å². The highest BCUT2D eigenvalue weighted by Gasteiger charge is 2.27. The molecule has 0 radical (unpaired) electrons. The zero-order chi connectivity index (χ0) is 13.5.